The number of carboxylic acids is 1. The molecule has 5 heteroatoms. The van der Waals surface area contributed by atoms with Gasteiger partial charge in [0.15, 0.2) is 0 Å². The van der Waals surface area contributed by atoms with Gasteiger partial charge in [-0.25, -0.2) is 4.79 Å². The third-order valence-corrected chi connectivity index (χ3v) is 1.89. The van der Waals surface area contributed by atoms with Gasteiger partial charge < -0.3 is 15.2 Å². The van der Waals surface area contributed by atoms with E-state index in [1.54, 1.807) is 13.8 Å². The summed E-state index contributed by atoms with van der Waals surface area (Å²) in [5.74, 6) is -1.59. The summed E-state index contributed by atoms with van der Waals surface area (Å²) >= 11 is 0. The Bertz CT molecular complexity index is 255. The smallest absolute Gasteiger partial charge is 0.326 e. The summed E-state index contributed by atoms with van der Waals surface area (Å²) in [6, 6.07) is -0.865. The lowest BCUT2D eigenvalue weighted by Gasteiger charge is -2.21. The van der Waals surface area contributed by atoms with Gasteiger partial charge in [-0.2, -0.15) is 0 Å². The van der Waals surface area contributed by atoms with Crippen LogP contribution in [0.3, 0.4) is 0 Å². The standard InChI is InChI=1S/C11H21NO4/c1-7(2)9(10(14)15)12-8(13)6-16-11(3,4)5/h7,9H,6H2,1-5H3,(H,12,13)(H,14,15). The maximum absolute atomic E-state index is 11.4. The maximum atomic E-state index is 11.4. The van der Waals surface area contributed by atoms with Crippen molar-refractivity contribution in [2.24, 2.45) is 5.92 Å². The number of carboxylic acid groups (broad SMARTS) is 1. The lowest BCUT2D eigenvalue weighted by Crippen LogP contribution is -2.46. The molecule has 1 atom stereocenters. The third kappa shape index (κ3) is 6.40. The van der Waals surface area contributed by atoms with Crippen molar-refractivity contribution >= 4 is 11.9 Å². The van der Waals surface area contributed by atoms with Crippen LogP contribution in [0.2, 0.25) is 0 Å². The van der Waals surface area contributed by atoms with E-state index in [4.69, 9.17) is 9.84 Å². The van der Waals surface area contributed by atoms with E-state index in [2.05, 4.69) is 5.32 Å². The molecule has 1 amide bonds. The molecule has 0 aromatic rings. The summed E-state index contributed by atoms with van der Waals surface area (Å²) in [6.07, 6.45) is 0. The largest absolute Gasteiger partial charge is 0.480 e. The highest BCUT2D eigenvalue weighted by Crippen LogP contribution is 2.06. The number of rotatable bonds is 5. The summed E-state index contributed by atoms with van der Waals surface area (Å²) in [6.45, 7) is 8.85. The van der Waals surface area contributed by atoms with Crippen molar-refractivity contribution in [2.75, 3.05) is 6.61 Å². The molecule has 0 bridgehead atoms. The van der Waals surface area contributed by atoms with Gasteiger partial charge in [-0.3, -0.25) is 4.79 Å². The summed E-state index contributed by atoms with van der Waals surface area (Å²) in [4.78, 5) is 22.2. The number of carbonyl (C=O) groups is 2. The molecule has 2 N–H and O–H groups in total. The van der Waals surface area contributed by atoms with Gasteiger partial charge in [-0.15, -0.1) is 0 Å². The van der Waals surface area contributed by atoms with E-state index in [1.807, 2.05) is 20.8 Å². The summed E-state index contributed by atoms with van der Waals surface area (Å²) in [5, 5.41) is 11.3. The average molecular weight is 231 g/mol. The predicted octanol–water partition coefficient (Wildman–Crippen LogP) is 1.03. The van der Waals surface area contributed by atoms with E-state index in [1.165, 1.54) is 0 Å². The van der Waals surface area contributed by atoms with Gasteiger partial charge in [0.1, 0.15) is 12.6 Å². The van der Waals surface area contributed by atoms with Crippen LogP contribution < -0.4 is 5.32 Å². The van der Waals surface area contributed by atoms with Crippen LogP contribution in [0.4, 0.5) is 0 Å². The zero-order chi connectivity index (χ0) is 12.9. The summed E-state index contributed by atoms with van der Waals surface area (Å²) < 4.78 is 5.25. The van der Waals surface area contributed by atoms with Crippen LogP contribution in [0.5, 0.6) is 0 Å². The molecule has 94 valence electrons. The number of aliphatic carboxylic acids is 1. The quantitative estimate of drug-likeness (QED) is 0.741. The van der Waals surface area contributed by atoms with Crippen LogP contribution in [0.15, 0.2) is 0 Å². The van der Waals surface area contributed by atoms with Crippen LogP contribution in [0, 0.1) is 5.92 Å². The SMILES string of the molecule is CC(C)C(NC(=O)COC(C)(C)C)C(=O)O. The number of hydrogen-bond acceptors (Lipinski definition) is 3. The third-order valence-electron chi connectivity index (χ3n) is 1.89. The number of nitrogens with one attached hydrogen (secondary N) is 1. The second-order valence-corrected chi connectivity index (χ2v) is 5.03. The van der Waals surface area contributed by atoms with Gasteiger partial charge in [0.05, 0.1) is 5.60 Å². The highest BCUT2D eigenvalue weighted by molar-refractivity contribution is 5.84. The molecule has 0 saturated carbocycles. The molecule has 0 aliphatic heterocycles. The Kier molecular flexibility index (Phi) is 5.44. The van der Waals surface area contributed by atoms with E-state index in [9.17, 15) is 9.59 Å². The second kappa shape index (κ2) is 5.84. The monoisotopic (exact) mass is 231 g/mol. The average Bonchev–Trinajstić information content (AvgIpc) is 2.08. The second-order valence-electron chi connectivity index (χ2n) is 5.03. The van der Waals surface area contributed by atoms with Gasteiger partial charge >= 0.3 is 5.97 Å². The first-order valence-corrected chi connectivity index (χ1v) is 5.29. The number of amides is 1. The van der Waals surface area contributed by atoms with E-state index in [0.29, 0.717) is 0 Å². The maximum Gasteiger partial charge on any atom is 0.326 e. The molecule has 0 rings (SSSR count). The van der Waals surface area contributed by atoms with E-state index >= 15 is 0 Å². The molecule has 1 unspecified atom stereocenters. The molecule has 0 saturated heterocycles. The highest BCUT2D eigenvalue weighted by atomic mass is 16.5. The van der Waals surface area contributed by atoms with E-state index in [0.717, 1.165) is 0 Å². The van der Waals surface area contributed by atoms with Gasteiger partial charge in [0, 0.05) is 0 Å². The van der Waals surface area contributed by atoms with Crippen LogP contribution >= 0.6 is 0 Å². The summed E-state index contributed by atoms with van der Waals surface area (Å²) in [5.41, 5.74) is -0.409. The van der Waals surface area contributed by atoms with Crippen molar-refractivity contribution in [3.8, 4) is 0 Å². The minimum atomic E-state index is -1.03. The molecule has 0 heterocycles. The minimum Gasteiger partial charge on any atom is -0.480 e. The van der Waals surface area contributed by atoms with Gasteiger partial charge in [0.25, 0.3) is 0 Å². The minimum absolute atomic E-state index is 0.125. The lowest BCUT2D eigenvalue weighted by molar-refractivity contribution is -0.144. The molecule has 0 spiro atoms. The fourth-order valence-corrected chi connectivity index (χ4v) is 1.01. The molecular formula is C11H21NO4. The molecule has 5 nitrogen and oxygen atoms in total. The highest BCUT2D eigenvalue weighted by Gasteiger charge is 2.24. The Hall–Kier alpha value is -1.10. The van der Waals surface area contributed by atoms with Crippen LogP contribution in [-0.2, 0) is 14.3 Å². The lowest BCUT2D eigenvalue weighted by atomic mass is 10.1. The normalized spacial score (nSPS) is 13.6. The molecule has 0 fully saturated rings. The fraction of sp³-hybridized carbons (Fsp3) is 0.818. The topological polar surface area (TPSA) is 75.6 Å². The number of ether oxygens (including phenoxy) is 1. The van der Waals surface area contributed by atoms with Crippen LogP contribution in [-0.4, -0.2) is 35.2 Å². The summed E-state index contributed by atoms with van der Waals surface area (Å²) in [7, 11) is 0. The van der Waals surface area contributed by atoms with Crippen molar-refractivity contribution in [3.63, 3.8) is 0 Å². The zero-order valence-corrected chi connectivity index (χ0v) is 10.5. The predicted molar refractivity (Wildman–Crippen MR) is 60.1 cm³/mol. The van der Waals surface area contributed by atoms with Crippen molar-refractivity contribution in [2.45, 2.75) is 46.3 Å². The van der Waals surface area contributed by atoms with E-state index < -0.39 is 23.5 Å². The Morgan fingerprint density at radius 2 is 1.81 bits per heavy atom. The first-order chi connectivity index (χ1) is 7.13. The van der Waals surface area contributed by atoms with Crippen molar-refractivity contribution in [3.05, 3.63) is 0 Å². The first-order valence-electron chi connectivity index (χ1n) is 5.29. The molecule has 0 aromatic heterocycles. The molecule has 0 aliphatic carbocycles. The van der Waals surface area contributed by atoms with Crippen molar-refractivity contribution in [1.82, 2.24) is 5.32 Å². The fourth-order valence-electron chi connectivity index (χ4n) is 1.01. The molecular weight excluding hydrogens is 210 g/mol. The van der Waals surface area contributed by atoms with Crippen molar-refractivity contribution in [1.29, 1.82) is 0 Å². The van der Waals surface area contributed by atoms with Gasteiger partial charge in [-0.1, -0.05) is 13.8 Å². The Balaban J connectivity index is 4.17. The van der Waals surface area contributed by atoms with Gasteiger partial charge in [0.2, 0.25) is 5.91 Å². The number of carbonyl (C=O) groups excluding carboxylic acids is 1. The zero-order valence-electron chi connectivity index (χ0n) is 10.5. The first kappa shape index (κ1) is 14.9. The molecule has 16 heavy (non-hydrogen) atoms. The van der Waals surface area contributed by atoms with E-state index in [-0.39, 0.29) is 12.5 Å². The Morgan fingerprint density at radius 3 is 2.12 bits per heavy atom. The van der Waals surface area contributed by atoms with Crippen molar-refractivity contribution < 1.29 is 19.4 Å². The van der Waals surface area contributed by atoms with Crippen LogP contribution in [0.1, 0.15) is 34.6 Å². The van der Waals surface area contributed by atoms with Crippen LogP contribution in [0.25, 0.3) is 0 Å². The molecule has 0 radical (unpaired) electrons. The molecule has 0 aliphatic rings. The Morgan fingerprint density at radius 1 is 1.31 bits per heavy atom. The molecule has 0 aromatic carbocycles. The Labute approximate surface area is 96.2 Å². The van der Waals surface area contributed by atoms with Gasteiger partial charge in [-0.05, 0) is 26.7 Å². The number of hydrogen-bond donors (Lipinski definition) is 2.